The Hall–Kier alpha value is -1.40. The fourth-order valence-electron chi connectivity index (χ4n) is 4.16. The summed E-state index contributed by atoms with van der Waals surface area (Å²) in [4.78, 5) is 17.1. The lowest BCUT2D eigenvalue weighted by atomic mass is 9.96. The van der Waals surface area contributed by atoms with E-state index in [9.17, 15) is 13.2 Å². The molecule has 26 heavy (non-hydrogen) atoms. The van der Waals surface area contributed by atoms with Gasteiger partial charge in [-0.05, 0) is 50.3 Å². The largest absolute Gasteiger partial charge is 0.342 e. The fourth-order valence-corrected chi connectivity index (χ4v) is 5.43. The van der Waals surface area contributed by atoms with Gasteiger partial charge in [-0.1, -0.05) is 25.1 Å². The van der Waals surface area contributed by atoms with Crippen LogP contribution < -0.4 is 0 Å². The summed E-state index contributed by atoms with van der Waals surface area (Å²) in [5.74, 6) is 0.824. The van der Waals surface area contributed by atoms with E-state index in [2.05, 4.69) is 11.8 Å². The molecule has 2 unspecified atom stereocenters. The number of carbonyl (C=O) groups excluding carboxylic acids is 1. The summed E-state index contributed by atoms with van der Waals surface area (Å²) >= 11 is 0. The number of sulfone groups is 1. The second kappa shape index (κ2) is 8.53. The molecule has 0 saturated carbocycles. The Morgan fingerprint density at radius 2 is 1.85 bits per heavy atom. The first-order valence-corrected chi connectivity index (χ1v) is 11.4. The van der Waals surface area contributed by atoms with Crippen LogP contribution in [0.15, 0.2) is 35.2 Å². The fraction of sp³-hybridized carbons (Fsp3) is 0.650. The molecule has 2 fully saturated rings. The second-order valence-corrected chi connectivity index (χ2v) is 9.85. The van der Waals surface area contributed by atoms with Crippen LogP contribution in [0.4, 0.5) is 0 Å². The van der Waals surface area contributed by atoms with E-state index in [-0.39, 0.29) is 11.7 Å². The molecule has 1 aromatic carbocycles. The number of benzene rings is 1. The van der Waals surface area contributed by atoms with Crippen molar-refractivity contribution >= 4 is 15.7 Å². The van der Waals surface area contributed by atoms with Crippen molar-refractivity contribution < 1.29 is 13.2 Å². The zero-order chi connectivity index (χ0) is 18.6. The molecule has 144 valence electrons. The third kappa shape index (κ3) is 4.86. The van der Waals surface area contributed by atoms with Gasteiger partial charge in [0.2, 0.25) is 5.91 Å². The highest BCUT2D eigenvalue weighted by atomic mass is 32.2. The molecule has 0 N–H and O–H groups in total. The number of piperidine rings is 1. The van der Waals surface area contributed by atoms with Crippen molar-refractivity contribution in [2.75, 3.05) is 31.9 Å². The van der Waals surface area contributed by atoms with Gasteiger partial charge in [0.05, 0.1) is 10.6 Å². The third-order valence-corrected chi connectivity index (χ3v) is 7.42. The molecule has 2 atom stereocenters. The van der Waals surface area contributed by atoms with E-state index >= 15 is 0 Å². The number of likely N-dealkylation sites (tertiary alicyclic amines) is 2. The van der Waals surface area contributed by atoms with E-state index in [1.807, 2.05) is 0 Å². The molecule has 2 aliphatic rings. The molecular weight excluding hydrogens is 348 g/mol. The van der Waals surface area contributed by atoms with Gasteiger partial charge in [-0.3, -0.25) is 4.79 Å². The summed E-state index contributed by atoms with van der Waals surface area (Å²) in [6.07, 6.45) is 4.91. The van der Waals surface area contributed by atoms with Crippen molar-refractivity contribution in [2.24, 2.45) is 5.92 Å². The Morgan fingerprint density at radius 1 is 1.08 bits per heavy atom. The van der Waals surface area contributed by atoms with Gasteiger partial charge in [0.25, 0.3) is 0 Å². The van der Waals surface area contributed by atoms with E-state index in [1.165, 1.54) is 12.8 Å². The quantitative estimate of drug-likeness (QED) is 0.790. The zero-order valence-electron chi connectivity index (χ0n) is 15.6. The first-order chi connectivity index (χ1) is 12.5. The van der Waals surface area contributed by atoms with Gasteiger partial charge >= 0.3 is 0 Å². The van der Waals surface area contributed by atoms with Crippen LogP contribution in [0.5, 0.6) is 0 Å². The van der Waals surface area contributed by atoms with Gasteiger partial charge in [0, 0.05) is 32.1 Å². The first-order valence-electron chi connectivity index (χ1n) is 9.75. The SMILES string of the molecule is CC1CCCN(C2CCC(=O)N(CCS(=O)(=O)c3ccccc3)CC2)C1. The summed E-state index contributed by atoms with van der Waals surface area (Å²) in [7, 11) is -3.34. The Balaban J connectivity index is 1.57. The van der Waals surface area contributed by atoms with E-state index in [0.29, 0.717) is 30.4 Å². The predicted octanol–water partition coefficient (Wildman–Crippen LogP) is 2.57. The molecule has 2 saturated heterocycles. The molecule has 0 spiro atoms. The maximum Gasteiger partial charge on any atom is 0.222 e. The first kappa shape index (κ1) is 19.4. The highest BCUT2D eigenvalue weighted by Gasteiger charge is 2.29. The minimum atomic E-state index is -3.34. The van der Waals surface area contributed by atoms with Crippen LogP contribution in [0, 0.1) is 5.92 Å². The van der Waals surface area contributed by atoms with Crippen LogP contribution >= 0.6 is 0 Å². The van der Waals surface area contributed by atoms with Crippen molar-refractivity contribution in [3.63, 3.8) is 0 Å². The summed E-state index contributed by atoms with van der Waals surface area (Å²) < 4.78 is 24.9. The monoisotopic (exact) mass is 378 g/mol. The zero-order valence-corrected chi connectivity index (χ0v) is 16.5. The molecule has 0 radical (unpaired) electrons. The van der Waals surface area contributed by atoms with E-state index in [4.69, 9.17) is 0 Å². The van der Waals surface area contributed by atoms with Gasteiger partial charge in [0.15, 0.2) is 9.84 Å². The Bertz CT molecular complexity index is 705. The number of rotatable bonds is 5. The number of amides is 1. The topological polar surface area (TPSA) is 57.7 Å². The summed E-state index contributed by atoms with van der Waals surface area (Å²) in [5.41, 5.74) is 0. The lowest BCUT2D eigenvalue weighted by molar-refractivity contribution is -0.130. The molecule has 1 amide bonds. The van der Waals surface area contributed by atoms with Crippen LogP contribution in [0.2, 0.25) is 0 Å². The van der Waals surface area contributed by atoms with E-state index in [1.54, 1.807) is 35.2 Å². The average molecular weight is 379 g/mol. The van der Waals surface area contributed by atoms with Crippen LogP contribution in [0.1, 0.15) is 39.0 Å². The van der Waals surface area contributed by atoms with Crippen LogP contribution in [-0.4, -0.2) is 62.1 Å². The summed E-state index contributed by atoms with van der Waals surface area (Å²) in [5, 5.41) is 0. The number of hydrogen-bond donors (Lipinski definition) is 0. The van der Waals surface area contributed by atoms with Gasteiger partial charge in [-0.2, -0.15) is 0 Å². The smallest absolute Gasteiger partial charge is 0.222 e. The van der Waals surface area contributed by atoms with Gasteiger partial charge < -0.3 is 9.80 Å². The third-order valence-electron chi connectivity index (χ3n) is 5.71. The summed E-state index contributed by atoms with van der Waals surface area (Å²) in [6, 6.07) is 8.96. The number of nitrogens with zero attached hydrogens (tertiary/aromatic N) is 2. The van der Waals surface area contributed by atoms with Crippen molar-refractivity contribution in [3.8, 4) is 0 Å². The molecule has 0 bridgehead atoms. The van der Waals surface area contributed by atoms with Gasteiger partial charge in [0.1, 0.15) is 0 Å². The van der Waals surface area contributed by atoms with Crippen LogP contribution in [0.25, 0.3) is 0 Å². The van der Waals surface area contributed by atoms with Crippen molar-refractivity contribution in [1.29, 1.82) is 0 Å². The molecular formula is C20H30N2O3S. The number of hydrogen-bond acceptors (Lipinski definition) is 4. The minimum Gasteiger partial charge on any atom is -0.342 e. The number of carbonyl (C=O) groups is 1. The molecule has 2 aliphatic heterocycles. The van der Waals surface area contributed by atoms with Crippen molar-refractivity contribution in [3.05, 3.63) is 30.3 Å². The van der Waals surface area contributed by atoms with Crippen LogP contribution in [-0.2, 0) is 14.6 Å². The van der Waals surface area contributed by atoms with Crippen molar-refractivity contribution in [1.82, 2.24) is 9.80 Å². The predicted molar refractivity (Wildman–Crippen MR) is 103 cm³/mol. The average Bonchev–Trinajstić information content (AvgIpc) is 2.82. The lowest BCUT2D eigenvalue weighted by Crippen LogP contribution is -2.42. The Morgan fingerprint density at radius 3 is 2.58 bits per heavy atom. The Labute approximate surface area is 157 Å². The van der Waals surface area contributed by atoms with Crippen molar-refractivity contribution in [2.45, 2.75) is 50.0 Å². The molecule has 6 heteroatoms. The van der Waals surface area contributed by atoms with Gasteiger partial charge in [-0.15, -0.1) is 0 Å². The van der Waals surface area contributed by atoms with Gasteiger partial charge in [-0.25, -0.2) is 8.42 Å². The Kier molecular flexibility index (Phi) is 6.35. The molecule has 0 aliphatic carbocycles. The maximum atomic E-state index is 12.5. The van der Waals surface area contributed by atoms with E-state index in [0.717, 1.165) is 31.8 Å². The normalized spacial score (nSPS) is 25.9. The maximum absolute atomic E-state index is 12.5. The second-order valence-electron chi connectivity index (χ2n) is 7.74. The summed E-state index contributed by atoms with van der Waals surface area (Å²) in [6.45, 7) is 5.51. The minimum absolute atomic E-state index is 0.00579. The standard InChI is InChI=1S/C20H30N2O3S/c1-17-6-5-12-22(16-17)18-9-10-20(23)21(13-11-18)14-15-26(24,25)19-7-3-2-4-8-19/h2-4,7-8,17-18H,5-6,9-16H2,1H3. The lowest BCUT2D eigenvalue weighted by Gasteiger charge is -2.37. The van der Waals surface area contributed by atoms with Crippen LogP contribution in [0.3, 0.4) is 0 Å². The molecule has 3 rings (SSSR count). The molecule has 0 aromatic heterocycles. The van der Waals surface area contributed by atoms with E-state index < -0.39 is 9.84 Å². The molecule has 5 nitrogen and oxygen atoms in total. The highest BCUT2D eigenvalue weighted by Crippen LogP contribution is 2.24. The highest BCUT2D eigenvalue weighted by molar-refractivity contribution is 7.91. The molecule has 2 heterocycles. The molecule has 1 aromatic rings.